The highest BCUT2D eigenvalue weighted by Crippen LogP contribution is 2.22. The highest BCUT2D eigenvalue weighted by molar-refractivity contribution is 7.71. The zero-order valence-corrected chi connectivity index (χ0v) is 17.5. The number of rotatable bonds is 6. The van der Waals surface area contributed by atoms with Gasteiger partial charge in [0.2, 0.25) is 11.8 Å². The Labute approximate surface area is 179 Å². The van der Waals surface area contributed by atoms with E-state index in [9.17, 15) is 9.59 Å². The number of carbonyl (C=O) groups excluding carboxylic acids is 2. The highest BCUT2D eigenvalue weighted by atomic mass is 32.1. The number of aromatic amines is 1. The maximum Gasteiger partial charge on any atom is 0.240 e. The number of nitrogens with one attached hydrogen (secondary N) is 2. The molecule has 1 fully saturated rings. The molecule has 0 radical (unpaired) electrons. The predicted molar refractivity (Wildman–Crippen MR) is 117 cm³/mol. The second-order valence-corrected chi connectivity index (χ2v) is 7.79. The van der Waals surface area contributed by atoms with Gasteiger partial charge in [-0.2, -0.15) is 5.10 Å². The number of amides is 2. The van der Waals surface area contributed by atoms with E-state index in [1.165, 1.54) is 0 Å². The number of aryl methyl sites for hydroxylation is 1. The Bertz CT molecular complexity index is 1130. The number of hydrogen-bond donors (Lipinski definition) is 2. The SMILES string of the molecule is Cc1cccc(-c2n[nH]c(=S)n2CC(=O)NCc2ccc(N3CCCC3=O)cc2)c1. The van der Waals surface area contributed by atoms with E-state index >= 15 is 0 Å². The Morgan fingerprint density at radius 1 is 1.23 bits per heavy atom. The van der Waals surface area contributed by atoms with Crippen molar-refractivity contribution >= 4 is 29.7 Å². The van der Waals surface area contributed by atoms with Crippen LogP contribution in [0.15, 0.2) is 48.5 Å². The highest BCUT2D eigenvalue weighted by Gasteiger charge is 2.21. The smallest absolute Gasteiger partial charge is 0.240 e. The molecule has 2 amide bonds. The number of H-pyrrole nitrogens is 1. The van der Waals surface area contributed by atoms with Crippen molar-refractivity contribution in [3.05, 3.63) is 64.4 Å². The summed E-state index contributed by atoms with van der Waals surface area (Å²) >= 11 is 5.31. The molecule has 2 aromatic carbocycles. The lowest BCUT2D eigenvalue weighted by molar-refractivity contribution is -0.121. The zero-order valence-electron chi connectivity index (χ0n) is 16.7. The summed E-state index contributed by atoms with van der Waals surface area (Å²) in [6, 6.07) is 15.6. The number of anilines is 1. The summed E-state index contributed by atoms with van der Waals surface area (Å²) in [7, 11) is 0. The predicted octanol–water partition coefficient (Wildman–Crippen LogP) is 3.36. The molecular formula is C22H23N5O2S. The molecule has 0 saturated carbocycles. The van der Waals surface area contributed by atoms with Crippen LogP contribution in [-0.4, -0.2) is 33.1 Å². The zero-order chi connectivity index (χ0) is 21.1. The molecule has 1 aliphatic heterocycles. The quantitative estimate of drug-likeness (QED) is 0.598. The van der Waals surface area contributed by atoms with Crippen molar-refractivity contribution in [3.8, 4) is 11.4 Å². The van der Waals surface area contributed by atoms with Crippen molar-refractivity contribution in [3.63, 3.8) is 0 Å². The molecule has 2 N–H and O–H groups in total. The molecule has 3 aromatic rings. The van der Waals surface area contributed by atoms with Gasteiger partial charge >= 0.3 is 0 Å². The first-order valence-electron chi connectivity index (χ1n) is 9.89. The minimum atomic E-state index is -0.153. The molecule has 1 saturated heterocycles. The van der Waals surface area contributed by atoms with Gasteiger partial charge in [0.25, 0.3) is 0 Å². The van der Waals surface area contributed by atoms with Crippen molar-refractivity contribution in [1.82, 2.24) is 20.1 Å². The molecule has 0 bridgehead atoms. The minimum Gasteiger partial charge on any atom is -0.350 e. The summed E-state index contributed by atoms with van der Waals surface area (Å²) in [6.07, 6.45) is 1.51. The average Bonchev–Trinajstić information content (AvgIpc) is 3.33. The van der Waals surface area contributed by atoms with Crippen molar-refractivity contribution < 1.29 is 9.59 Å². The van der Waals surface area contributed by atoms with Crippen molar-refractivity contribution in [2.24, 2.45) is 0 Å². The molecule has 154 valence electrons. The van der Waals surface area contributed by atoms with Gasteiger partial charge in [0, 0.05) is 30.8 Å². The standard InChI is InChI=1S/C22H23N5O2S/c1-15-4-2-5-17(12-15)21-24-25-22(30)27(21)14-19(28)23-13-16-7-9-18(10-8-16)26-11-3-6-20(26)29/h2,4-5,7-10,12H,3,6,11,13-14H2,1H3,(H,23,28)(H,25,30). The van der Waals surface area contributed by atoms with Gasteiger partial charge in [0.05, 0.1) is 0 Å². The van der Waals surface area contributed by atoms with E-state index in [-0.39, 0.29) is 18.4 Å². The van der Waals surface area contributed by atoms with E-state index < -0.39 is 0 Å². The fourth-order valence-electron chi connectivity index (χ4n) is 3.58. The Morgan fingerprint density at radius 2 is 2.03 bits per heavy atom. The first-order valence-corrected chi connectivity index (χ1v) is 10.3. The van der Waals surface area contributed by atoms with Crippen LogP contribution in [0.25, 0.3) is 11.4 Å². The van der Waals surface area contributed by atoms with Gasteiger partial charge in [-0.3, -0.25) is 19.3 Å². The first-order chi connectivity index (χ1) is 14.5. The lowest BCUT2D eigenvalue weighted by Gasteiger charge is -2.16. The van der Waals surface area contributed by atoms with E-state index in [1.54, 1.807) is 9.47 Å². The van der Waals surface area contributed by atoms with Gasteiger partial charge in [-0.25, -0.2) is 0 Å². The van der Waals surface area contributed by atoms with Crippen molar-refractivity contribution in [1.29, 1.82) is 0 Å². The third kappa shape index (κ3) is 4.33. The Morgan fingerprint density at radius 3 is 2.73 bits per heavy atom. The van der Waals surface area contributed by atoms with Crippen molar-refractivity contribution in [2.75, 3.05) is 11.4 Å². The number of aromatic nitrogens is 3. The summed E-state index contributed by atoms with van der Waals surface area (Å²) in [6.45, 7) is 3.26. The molecule has 2 heterocycles. The Kier molecular flexibility index (Phi) is 5.76. The second kappa shape index (κ2) is 8.62. The fourth-order valence-corrected chi connectivity index (χ4v) is 3.78. The maximum absolute atomic E-state index is 12.5. The van der Waals surface area contributed by atoms with Crippen molar-refractivity contribution in [2.45, 2.75) is 32.9 Å². The lowest BCUT2D eigenvalue weighted by Crippen LogP contribution is -2.27. The van der Waals surface area contributed by atoms with E-state index in [0.29, 0.717) is 23.6 Å². The van der Waals surface area contributed by atoms with Gasteiger partial charge in [-0.1, -0.05) is 35.9 Å². The largest absolute Gasteiger partial charge is 0.350 e. The molecule has 0 unspecified atom stereocenters. The summed E-state index contributed by atoms with van der Waals surface area (Å²) in [4.78, 5) is 26.2. The average molecular weight is 422 g/mol. The Hall–Kier alpha value is -3.26. The Balaban J connectivity index is 1.39. The second-order valence-electron chi connectivity index (χ2n) is 7.40. The van der Waals surface area contributed by atoms with Crippen LogP contribution in [0.5, 0.6) is 0 Å². The monoisotopic (exact) mass is 421 g/mol. The van der Waals surface area contributed by atoms with Crippen LogP contribution < -0.4 is 10.2 Å². The number of benzene rings is 2. The number of hydrogen-bond acceptors (Lipinski definition) is 4. The molecule has 4 rings (SSSR count). The molecule has 0 atom stereocenters. The molecule has 0 aliphatic carbocycles. The summed E-state index contributed by atoms with van der Waals surface area (Å²) in [5.74, 6) is 0.649. The van der Waals surface area contributed by atoms with Crippen LogP contribution in [0.1, 0.15) is 24.0 Å². The number of nitrogens with zero attached hydrogens (tertiary/aromatic N) is 3. The van der Waals surface area contributed by atoms with E-state index in [0.717, 1.165) is 35.3 Å². The van der Waals surface area contributed by atoms with E-state index in [1.807, 2.05) is 55.5 Å². The number of carbonyl (C=O) groups is 2. The normalized spacial score (nSPS) is 13.6. The summed E-state index contributed by atoms with van der Waals surface area (Å²) in [5.41, 5.74) is 3.88. The van der Waals surface area contributed by atoms with Gasteiger partial charge in [-0.05, 0) is 49.3 Å². The first kappa shape index (κ1) is 20.0. The van der Waals surface area contributed by atoms with Crippen LogP contribution in [0, 0.1) is 11.7 Å². The fraction of sp³-hybridized carbons (Fsp3) is 0.273. The van der Waals surface area contributed by atoms with E-state index in [2.05, 4.69) is 15.5 Å². The molecule has 8 heteroatoms. The van der Waals surface area contributed by atoms with Crippen LogP contribution in [0.2, 0.25) is 0 Å². The summed E-state index contributed by atoms with van der Waals surface area (Å²) in [5, 5.41) is 9.98. The molecule has 0 spiro atoms. The molecule has 7 nitrogen and oxygen atoms in total. The molecule has 30 heavy (non-hydrogen) atoms. The molecular weight excluding hydrogens is 398 g/mol. The van der Waals surface area contributed by atoms with E-state index in [4.69, 9.17) is 12.2 Å². The van der Waals surface area contributed by atoms with Crippen LogP contribution in [-0.2, 0) is 22.7 Å². The summed E-state index contributed by atoms with van der Waals surface area (Å²) < 4.78 is 2.10. The van der Waals surface area contributed by atoms with Gasteiger partial charge in [-0.15, -0.1) is 0 Å². The third-order valence-electron chi connectivity index (χ3n) is 5.15. The van der Waals surface area contributed by atoms with Crippen LogP contribution >= 0.6 is 12.2 Å². The minimum absolute atomic E-state index is 0.0823. The lowest BCUT2D eigenvalue weighted by atomic mass is 10.1. The molecule has 1 aliphatic rings. The van der Waals surface area contributed by atoms with Gasteiger partial charge in [0.1, 0.15) is 6.54 Å². The van der Waals surface area contributed by atoms with Crippen LogP contribution in [0.4, 0.5) is 5.69 Å². The van der Waals surface area contributed by atoms with Gasteiger partial charge < -0.3 is 10.2 Å². The van der Waals surface area contributed by atoms with Crippen LogP contribution in [0.3, 0.4) is 0 Å². The molecule has 1 aromatic heterocycles. The third-order valence-corrected chi connectivity index (χ3v) is 5.46. The van der Waals surface area contributed by atoms with Gasteiger partial charge in [0.15, 0.2) is 10.6 Å². The topological polar surface area (TPSA) is 83.0 Å². The maximum atomic E-state index is 12.5.